The number of hydrogen-bond donors (Lipinski definition) is 4. The van der Waals surface area contributed by atoms with Gasteiger partial charge in [-0.3, -0.25) is 10.2 Å². The standard InChI is InChI=1S/C7H16N2O3/c1-4(6(11)9-8)5(10)7(2,3)12/h4-5,10,12H,8H2,1-3H3,(H,9,11). The molecule has 0 aliphatic heterocycles. The molecule has 2 unspecified atom stereocenters. The van der Waals surface area contributed by atoms with E-state index in [1.807, 2.05) is 5.43 Å². The van der Waals surface area contributed by atoms with E-state index in [9.17, 15) is 15.0 Å². The van der Waals surface area contributed by atoms with E-state index < -0.39 is 23.5 Å². The molecule has 0 fully saturated rings. The highest BCUT2D eigenvalue weighted by Crippen LogP contribution is 2.16. The van der Waals surface area contributed by atoms with Gasteiger partial charge in [-0.1, -0.05) is 6.92 Å². The first kappa shape index (κ1) is 11.4. The molecule has 5 nitrogen and oxygen atoms in total. The number of nitrogens with one attached hydrogen (secondary N) is 1. The quantitative estimate of drug-likeness (QED) is 0.245. The molecule has 0 aliphatic rings. The fourth-order valence-electron chi connectivity index (χ4n) is 0.887. The van der Waals surface area contributed by atoms with E-state index in [0.717, 1.165) is 0 Å². The van der Waals surface area contributed by atoms with E-state index in [1.54, 1.807) is 0 Å². The minimum atomic E-state index is -1.30. The van der Waals surface area contributed by atoms with Gasteiger partial charge in [0.2, 0.25) is 5.91 Å². The van der Waals surface area contributed by atoms with Crippen LogP contribution in [0, 0.1) is 5.92 Å². The van der Waals surface area contributed by atoms with Crippen LogP contribution in [-0.2, 0) is 4.79 Å². The molecule has 1 amide bonds. The van der Waals surface area contributed by atoms with Gasteiger partial charge in [0.1, 0.15) is 0 Å². The molecule has 5 N–H and O–H groups in total. The molecule has 5 heteroatoms. The van der Waals surface area contributed by atoms with Crippen LogP contribution in [0.2, 0.25) is 0 Å². The van der Waals surface area contributed by atoms with E-state index in [1.165, 1.54) is 20.8 Å². The average molecular weight is 176 g/mol. The summed E-state index contributed by atoms with van der Waals surface area (Å²) in [6, 6.07) is 0. The maximum Gasteiger partial charge on any atom is 0.239 e. The summed E-state index contributed by atoms with van der Waals surface area (Å²) in [5.41, 5.74) is 0.608. The van der Waals surface area contributed by atoms with Gasteiger partial charge >= 0.3 is 0 Å². The van der Waals surface area contributed by atoms with Crippen molar-refractivity contribution < 1.29 is 15.0 Å². The lowest BCUT2D eigenvalue weighted by Crippen LogP contribution is -2.48. The van der Waals surface area contributed by atoms with Gasteiger partial charge in [-0.2, -0.15) is 0 Å². The van der Waals surface area contributed by atoms with Crippen molar-refractivity contribution in [2.45, 2.75) is 32.5 Å². The minimum Gasteiger partial charge on any atom is -0.389 e. The van der Waals surface area contributed by atoms with Gasteiger partial charge in [-0.05, 0) is 13.8 Å². The van der Waals surface area contributed by atoms with Crippen molar-refractivity contribution in [3.8, 4) is 0 Å². The zero-order chi connectivity index (χ0) is 9.94. The molecule has 0 saturated carbocycles. The van der Waals surface area contributed by atoms with E-state index in [0.29, 0.717) is 0 Å². The fraction of sp³-hybridized carbons (Fsp3) is 0.857. The first-order valence-electron chi connectivity index (χ1n) is 3.71. The number of nitrogens with two attached hydrogens (primary N) is 1. The number of amides is 1. The summed E-state index contributed by atoms with van der Waals surface area (Å²) < 4.78 is 0. The van der Waals surface area contributed by atoms with Crippen LogP contribution in [0.15, 0.2) is 0 Å². The van der Waals surface area contributed by atoms with Crippen LogP contribution < -0.4 is 11.3 Å². The van der Waals surface area contributed by atoms with Gasteiger partial charge in [-0.25, -0.2) is 5.84 Å². The summed E-state index contributed by atoms with van der Waals surface area (Å²) in [5.74, 6) is 3.64. The summed E-state index contributed by atoms with van der Waals surface area (Å²) in [5, 5.41) is 18.7. The van der Waals surface area contributed by atoms with Crippen LogP contribution in [0.4, 0.5) is 0 Å². The Hall–Kier alpha value is -0.650. The molecule has 0 rings (SSSR count). The third-order valence-electron chi connectivity index (χ3n) is 1.75. The Morgan fingerprint density at radius 2 is 2.00 bits per heavy atom. The summed E-state index contributed by atoms with van der Waals surface area (Å²) in [7, 11) is 0. The van der Waals surface area contributed by atoms with Crippen molar-refractivity contribution in [3.63, 3.8) is 0 Å². The topological polar surface area (TPSA) is 95.6 Å². The third-order valence-corrected chi connectivity index (χ3v) is 1.75. The van der Waals surface area contributed by atoms with Gasteiger partial charge in [-0.15, -0.1) is 0 Å². The van der Waals surface area contributed by atoms with Crippen LogP contribution in [-0.4, -0.2) is 27.8 Å². The normalized spacial score (nSPS) is 16.8. The highest BCUT2D eigenvalue weighted by Gasteiger charge is 2.33. The van der Waals surface area contributed by atoms with Gasteiger partial charge in [0, 0.05) is 0 Å². The molecule has 0 aromatic carbocycles. The van der Waals surface area contributed by atoms with Gasteiger partial charge < -0.3 is 10.2 Å². The Labute approximate surface area is 71.5 Å². The number of hydrogen-bond acceptors (Lipinski definition) is 4. The predicted octanol–water partition coefficient (Wildman–Crippen LogP) is -1.26. The summed E-state index contributed by atoms with van der Waals surface area (Å²) in [6.07, 6.45) is -1.12. The average Bonchev–Trinajstić information content (AvgIpc) is 1.98. The molecule has 0 heterocycles. The Kier molecular flexibility index (Phi) is 3.63. The summed E-state index contributed by atoms with van der Waals surface area (Å²) >= 11 is 0. The second-order valence-electron chi connectivity index (χ2n) is 3.40. The van der Waals surface area contributed by atoms with Crippen molar-refractivity contribution in [2.24, 2.45) is 11.8 Å². The van der Waals surface area contributed by atoms with Gasteiger partial charge in [0.15, 0.2) is 0 Å². The lowest BCUT2D eigenvalue weighted by molar-refractivity contribution is -0.136. The second kappa shape index (κ2) is 3.84. The molecule has 2 atom stereocenters. The van der Waals surface area contributed by atoms with Crippen LogP contribution in [0.5, 0.6) is 0 Å². The van der Waals surface area contributed by atoms with Crippen molar-refractivity contribution in [2.75, 3.05) is 0 Å². The Morgan fingerprint density at radius 3 is 2.25 bits per heavy atom. The molecule has 0 radical (unpaired) electrons. The Bertz CT molecular complexity index is 165. The number of carbonyl (C=O) groups excluding carboxylic acids is 1. The van der Waals surface area contributed by atoms with Crippen LogP contribution in [0.1, 0.15) is 20.8 Å². The van der Waals surface area contributed by atoms with E-state index in [-0.39, 0.29) is 0 Å². The first-order chi connectivity index (χ1) is 5.30. The fourth-order valence-corrected chi connectivity index (χ4v) is 0.887. The van der Waals surface area contributed by atoms with Crippen molar-refractivity contribution >= 4 is 5.91 Å². The van der Waals surface area contributed by atoms with Crippen LogP contribution in [0.25, 0.3) is 0 Å². The first-order valence-corrected chi connectivity index (χ1v) is 3.71. The van der Waals surface area contributed by atoms with Crippen molar-refractivity contribution in [1.82, 2.24) is 5.43 Å². The molecule has 0 bridgehead atoms. The van der Waals surface area contributed by atoms with Gasteiger partial charge in [0.05, 0.1) is 17.6 Å². The molecule has 0 aromatic heterocycles. The van der Waals surface area contributed by atoms with Crippen LogP contribution >= 0.6 is 0 Å². The molecule has 0 saturated heterocycles. The van der Waals surface area contributed by atoms with E-state index >= 15 is 0 Å². The zero-order valence-corrected chi connectivity index (χ0v) is 7.53. The van der Waals surface area contributed by atoms with Gasteiger partial charge in [0.25, 0.3) is 0 Å². The monoisotopic (exact) mass is 176 g/mol. The highest BCUT2D eigenvalue weighted by atomic mass is 16.3. The highest BCUT2D eigenvalue weighted by molar-refractivity contribution is 5.78. The molecule has 0 spiro atoms. The number of hydrazine groups is 1. The summed E-state index contributed by atoms with van der Waals surface area (Å²) in [4.78, 5) is 10.9. The third kappa shape index (κ3) is 2.77. The molecular weight excluding hydrogens is 160 g/mol. The zero-order valence-electron chi connectivity index (χ0n) is 7.53. The van der Waals surface area contributed by atoms with E-state index in [4.69, 9.17) is 5.84 Å². The van der Waals surface area contributed by atoms with E-state index in [2.05, 4.69) is 0 Å². The van der Waals surface area contributed by atoms with Crippen molar-refractivity contribution in [3.05, 3.63) is 0 Å². The minimum absolute atomic E-state index is 0.496. The lowest BCUT2D eigenvalue weighted by atomic mass is 9.90. The SMILES string of the molecule is CC(C(=O)NN)C(O)C(C)(C)O. The molecule has 12 heavy (non-hydrogen) atoms. The molecule has 72 valence electrons. The Morgan fingerprint density at radius 1 is 1.58 bits per heavy atom. The number of rotatable bonds is 3. The summed E-state index contributed by atoms with van der Waals surface area (Å²) in [6.45, 7) is 4.35. The Balaban J connectivity index is 4.29. The van der Waals surface area contributed by atoms with Crippen LogP contribution in [0.3, 0.4) is 0 Å². The second-order valence-corrected chi connectivity index (χ2v) is 3.40. The number of carbonyl (C=O) groups is 1. The largest absolute Gasteiger partial charge is 0.389 e. The lowest BCUT2D eigenvalue weighted by Gasteiger charge is -2.28. The predicted molar refractivity (Wildman–Crippen MR) is 43.8 cm³/mol. The smallest absolute Gasteiger partial charge is 0.239 e. The van der Waals surface area contributed by atoms with Crippen molar-refractivity contribution in [1.29, 1.82) is 0 Å². The maximum atomic E-state index is 10.9. The number of aliphatic hydroxyl groups excluding tert-OH is 1. The maximum absolute atomic E-state index is 10.9. The molecular formula is C7H16N2O3. The molecule has 0 aromatic rings. The molecule has 0 aliphatic carbocycles. The number of aliphatic hydroxyl groups is 2.